The number of benzene rings is 1. The summed E-state index contributed by atoms with van der Waals surface area (Å²) in [5, 5.41) is 7.77. The summed E-state index contributed by atoms with van der Waals surface area (Å²) in [4.78, 5) is 37.2. The van der Waals surface area contributed by atoms with Gasteiger partial charge in [-0.2, -0.15) is 9.61 Å². The van der Waals surface area contributed by atoms with Gasteiger partial charge in [-0.05, 0) is 45.2 Å². The SMILES string of the molecule is CC(=O)c1c(C2CCN(C(=O)[C@H]3CCCN3)CC2)nc2c(-c3ccc(-c4ccccc4)nc3)cnn2c1N. The number of nitrogens with one attached hydrogen (secondary N) is 1. The Bertz CT molecular complexity index is 1480. The molecule has 0 spiro atoms. The predicted octanol–water partition coefficient (Wildman–Crippen LogP) is 3.70. The molecule has 38 heavy (non-hydrogen) atoms. The molecule has 194 valence electrons. The van der Waals surface area contributed by atoms with Crippen LogP contribution in [-0.4, -0.2) is 61.8 Å². The van der Waals surface area contributed by atoms with Crippen LogP contribution in [0.4, 0.5) is 5.82 Å². The molecule has 2 fully saturated rings. The molecule has 6 rings (SSSR count). The molecule has 5 heterocycles. The van der Waals surface area contributed by atoms with E-state index in [0.29, 0.717) is 35.8 Å². The van der Waals surface area contributed by atoms with Gasteiger partial charge in [-0.3, -0.25) is 14.6 Å². The van der Waals surface area contributed by atoms with E-state index < -0.39 is 0 Å². The first-order valence-corrected chi connectivity index (χ1v) is 13.2. The number of pyridine rings is 1. The third kappa shape index (κ3) is 4.32. The molecule has 0 bridgehead atoms. The standard InChI is InChI=1S/C29H31N7O2/c1-18(37)25-26(20-11-14-35(15-12-20)29(38)24-8-5-13-31-24)34-28-22(17-33-36(28)27(25)30)21-9-10-23(32-16-21)19-6-3-2-4-7-19/h2-4,6-7,9-10,16-17,20,24,31H,5,8,11-15,30H2,1H3/t24-/m1/s1. The minimum absolute atomic E-state index is 0.0307. The molecule has 2 aliphatic heterocycles. The van der Waals surface area contributed by atoms with Gasteiger partial charge in [-0.25, -0.2) is 4.98 Å². The highest BCUT2D eigenvalue weighted by Crippen LogP contribution is 2.35. The van der Waals surface area contributed by atoms with Gasteiger partial charge in [0.15, 0.2) is 11.4 Å². The summed E-state index contributed by atoms with van der Waals surface area (Å²) < 4.78 is 1.55. The summed E-state index contributed by atoms with van der Waals surface area (Å²) in [6.45, 7) is 3.70. The molecule has 2 saturated heterocycles. The van der Waals surface area contributed by atoms with Crippen molar-refractivity contribution in [1.29, 1.82) is 0 Å². The van der Waals surface area contributed by atoms with E-state index in [9.17, 15) is 9.59 Å². The van der Waals surface area contributed by atoms with Crippen LogP contribution in [0.2, 0.25) is 0 Å². The Morgan fingerprint density at radius 3 is 2.45 bits per heavy atom. The van der Waals surface area contributed by atoms with Crippen LogP contribution in [0.15, 0.2) is 54.9 Å². The van der Waals surface area contributed by atoms with Crippen LogP contribution >= 0.6 is 0 Å². The van der Waals surface area contributed by atoms with Crippen LogP contribution in [0, 0.1) is 0 Å². The molecule has 3 aromatic heterocycles. The van der Waals surface area contributed by atoms with Crippen molar-refractivity contribution in [2.24, 2.45) is 0 Å². The van der Waals surface area contributed by atoms with Crippen molar-refractivity contribution in [2.75, 3.05) is 25.4 Å². The van der Waals surface area contributed by atoms with Crippen LogP contribution in [-0.2, 0) is 4.79 Å². The number of nitrogens with zero attached hydrogens (tertiary/aromatic N) is 5. The van der Waals surface area contributed by atoms with Gasteiger partial charge in [0.25, 0.3) is 0 Å². The number of aromatic nitrogens is 4. The number of fused-ring (bicyclic) bond motifs is 1. The number of hydrogen-bond acceptors (Lipinski definition) is 7. The third-order valence-electron chi connectivity index (χ3n) is 7.76. The Labute approximate surface area is 221 Å². The highest BCUT2D eigenvalue weighted by atomic mass is 16.2. The van der Waals surface area contributed by atoms with Crippen molar-refractivity contribution in [3.8, 4) is 22.4 Å². The Balaban J connectivity index is 1.32. The number of amides is 1. The molecule has 2 aliphatic rings. The van der Waals surface area contributed by atoms with Crippen molar-refractivity contribution in [2.45, 2.75) is 44.6 Å². The lowest BCUT2D eigenvalue weighted by atomic mass is 9.89. The fourth-order valence-corrected chi connectivity index (χ4v) is 5.71. The number of hydrogen-bond donors (Lipinski definition) is 2. The maximum absolute atomic E-state index is 12.9. The zero-order valence-corrected chi connectivity index (χ0v) is 21.4. The number of ketones is 1. The van der Waals surface area contributed by atoms with Gasteiger partial charge in [-0.1, -0.05) is 36.4 Å². The molecule has 3 N–H and O–H groups in total. The highest BCUT2D eigenvalue weighted by molar-refractivity contribution is 6.00. The number of likely N-dealkylation sites (tertiary alicyclic amines) is 1. The molecular weight excluding hydrogens is 478 g/mol. The maximum Gasteiger partial charge on any atom is 0.239 e. The number of carbonyl (C=O) groups excluding carboxylic acids is 2. The second-order valence-corrected chi connectivity index (χ2v) is 10.2. The summed E-state index contributed by atoms with van der Waals surface area (Å²) in [7, 11) is 0. The predicted molar refractivity (Wildman–Crippen MR) is 146 cm³/mol. The molecule has 9 heteroatoms. The van der Waals surface area contributed by atoms with Crippen molar-refractivity contribution in [1.82, 2.24) is 29.8 Å². The summed E-state index contributed by atoms with van der Waals surface area (Å²) >= 11 is 0. The van der Waals surface area contributed by atoms with E-state index in [0.717, 1.165) is 54.6 Å². The first-order chi connectivity index (χ1) is 18.5. The summed E-state index contributed by atoms with van der Waals surface area (Å²) in [6, 6.07) is 13.9. The first kappa shape index (κ1) is 24.2. The molecule has 0 radical (unpaired) electrons. The molecule has 1 aromatic carbocycles. The maximum atomic E-state index is 12.9. The van der Waals surface area contributed by atoms with E-state index in [4.69, 9.17) is 10.7 Å². The van der Waals surface area contributed by atoms with E-state index in [2.05, 4.69) is 15.4 Å². The zero-order chi connectivity index (χ0) is 26.2. The Morgan fingerprint density at radius 2 is 1.79 bits per heavy atom. The number of rotatable bonds is 5. The van der Waals surface area contributed by atoms with Gasteiger partial charge in [0.05, 0.1) is 29.2 Å². The van der Waals surface area contributed by atoms with E-state index in [1.165, 1.54) is 6.92 Å². The van der Waals surface area contributed by atoms with Gasteiger partial charge in [-0.15, -0.1) is 0 Å². The van der Waals surface area contributed by atoms with Gasteiger partial charge in [0.1, 0.15) is 5.82 Å². The summed E-state index contributed by atoms with van der Waals surface area (Å²) in [5.74, 6) is 0.376. The topological polar surface area (TPSA) is 119 Å². The van der Waals surface area contributed by atoms with Crippen LogP contribution in [0.3, 0.4) is 0 Å². The van der Waals surface area contributed by atoms with E-state index in [-0.39, 0.29) is 23.7 Å². The number of nitrogen functional groups attached to an aromatic ring is 1. The smallest absolute Gasteiger partial charge is 0.239 e. The Morgan fingerprint density at radius 1 is 1.00 bits per heavy atom. The van der Waals surface area contributed by atoms with E-state index >= 15 is 0 Å². The van der Waals surface area contributed by atoms with Crippen molar-refractivity contribution < 1.29 is 9.59 Å². The average Bonchev–Trinajstić information content (AvgIpc) is 3.64. The Hall–Kier alpha value is -4.11. The average molecular weight is 510 g/mol. The number of piperidine rings is 1. The molecule has 4 aromatic rings. The molecule has 1 amide bonds. The lowest BCUT2D eigenvalue weighted by Gasteiger charge is -2.34. The molecular formula is C29H31N7O2. The lowest BCUT2D eigenvalue weighted by molar-refractivity contribution is -0.134. The number of carbonyl (C=O) groups is 2. The summed E-state index contributed by atoms with van der Waals surface area (Å²) in [6.07, 6.45) is 6.94. The fraction of sp³-hybridized carbons (Fsp3) is 0.345. The normalized spacial score (nSPS) is 18.2. The van der Waals surface area contributed by atoms with Gasteiger partial charge in [0.2, 0.25) is 5.91 Å². The third-order valence-corrected chi connectivity index (χ3v) is 7.76. The molecule has 1 atom stereocenters. The Kier molecular flexibility index (Phi) is 6.37. The monoisotopic (exact) mass is 509 g/mol. The lowest BCUT2D eigenvalue weighted by Crippen LogP contribution is -2.46. The largest absolute Gasteiger partial charge is 0.383 e. The molecule has 0 aliphatic carbocycles. The van der Waals surface area contributed by atoms with E-state index in [1.807, 2.05) is 53.6 Å². The number of Topliss-reactive ketones (excluding diaryl/α,β-unsaturated/α-hetero) is 1. The van der Waals surface area contributed by atoms with Crippen molar-refractivity contribution in [3.05, 3.63) is 66.1 Å². The molecule has 0 saturated carbocycles. The minimum Gasteiger partial charge on any atom is -0.383 e. The molecule has 0 unspecified atom stereocenters. The first-order valence-electron chi connectivity index (χ1n) is 13.2. The van der Waals surface area contributed by atoms with Crippen LogP contribution < -0.4 is 11.1 Å². The summed E-state index contributed by atoms with van der Waals surface area (Å²) in [5.41, 5.74) is 11.9. The van der Waals surface area contributed by atoms with Crippen molar-refractivity contribution >= 4 is 23.2 Å². The van der Waals surface area contributed by atoms with Gasteiger partial charge >= 0.3 is 0 Å². The molecule has 9 nitrogen and oxygen atoms in total. The van der Waals surface area contributed by atoms with Crippen LogP contribution in [0.5, 0.6) is 0 Å². The van der Waals surface area contributed by atoms with Crippen molar-refractivity contribution in [3.63, 3.8) is 0 Å². The quantitative estimate of drug-likeness (QED) is 0.394. The minimum atomic E-state index is -0.133. The van der Waals surface area contributed by atoms with Crippen LogP contribution in [0.25, 0.3) is 28.0 Å². The second-order valence-electron chi connectivity index (χ2n) is 10.2. The zero-order valence-electron chi connectivity index (χ0n) is 21.4. The fourth-order valence-electron chi connectivity index (χ4n) is 5.71. The number of nitrogens with two attached hydrogens (primary N) is 1. The number of anilines is 1. The second kappa shape index (κ2) is 9.98. The van der Waals surface area contributed by atoms with Gasteiger partial charge in [0, 0.05) is 41.9 Å². The van der Waals surface area contributed by atoms with Crippen LogP contribution in [0.1, 0.15) is 54.6 Å². The van der Waals surface area contributed by atoms with Gasteiger partial charge < -0.3 is 16.0 Å². The van der Waals surface area contributed by atoms with E-state index in [1.54, 1.807) is 10.7 Å². The highest BCUT2D eigenvalue weighted by Gasteiger charge is 2.33.